The van der Waals surface area contributed by atoms with Gasteiger partial charge in [0.25, 0.3) is 0 Å². The quantitative estimate of drug-likeness (QED) is 0.322. The highest BCUT2D eigenvalue weighted by atomic mass is 127. The summed E-state index contributed by atoms with van der Waals surface area (Å²) in [4.78, 5) is 7.95. The van der Waals surface area contributed by atoms with Gasteiger partial charge < -0.3 is 19.9 Å². The Morgan fingerprint density at radius 2 is 1.93 bits per heavy atom. The van der Waals surface area contributed by atoms with E-state index in [9.17, 15) is 13.2 Å². The molecule has 0 spiro atoms. The number of hydrogen-bond acceptors (Lipinski definition) is 3. The van der Waals surface area contributed by atoms with E-state index in [1.807, 2.05) is 0 Å². The number of guanidine groups is 1. The van der Waals surface area contributed by atoms with Crippen LogP contribution in [0.15, 0.2) is 29.4 Å². The summed E-state index contributed by atoms with van der Waals surface area (Å²) in [5.74, 6) is 0.442. The number of pyridine rings is 1. The van der Waals surface area contributed by atoms with Crippen LogP contribution in [0.5, 0.6) is 5.88 Å². The first kappa shape index (κ1) is 24.6. The first-order valence-electron chi connectivity index (χ1n) is 7.78. The fraction of sp³-hybridized carbons (Fsp3) is 0.375. The highest BCUT2D eigenvalue weighted by molar-refractivity contribution is 14.0. The Morgan fingerprint density at radius 1 is 1.25 bits per heavy atom. The molecule has 12 heteroatoms. The highest BCUT2D eigenvalue weighted by Crippen LogP contribution is 2.24. The second-order valence-corrected chi connectivity index (χ2v) is 6.29. The number of aromatic nitrogens is 2. The largest absolute Gasteiger partial charge is 0.468 e. The number of rotatable bonds is 6. The number of ether oxygens (including phenoxy) is 1. The molecule has 0 aliphatic rings. The molecular weight excluding hydrogens is 533 g/mol. The van der Waals surface area contributed by atoms with Crippen LogP contribution in [-0.2, 0) is 20.1 Å². The lowest BCUT2D eigenvalue weighted by Gasteiger charge is -2.13. The normalized spacial score (nSPS) is 11.8. The van der Waals surface area contributed by atoms with Crippen LogP contribution in [0, 0.1) is 0 Å². The van der Waals surface area contributed by atoms with Gasteiger partial charge in [-0.15, -0.1) is 24.0 Å². The summed E-state index contributed by atoms with van der Waals surface area (Å²) in [7, 11) is 3.42. The number of hydrogen-bond donors (Lipinski definition) is 2. The summed E-state index contributed by atoms with van der Waals surface area (Å²) in [6, 6.07) is 4.76. The Hall–Kier alpha value is -1.40. The summed E-state index contributed by atoms with van der Waals surface area (Å²) < 4.78 is 42.7. The summed E-state index contributed by atoms with van der Waals surface area (Å²) in [5.41, 5.74) is 1.63. The topological polar surface area (TPSA) is 63.5 Å². The van der Waals surface area contributed by atoms with Gasteiger partial charge in [0.15, 0.2) is 12.6 Å². The van der Waals surface area contributed by atoms with Gasteiger partial charge in [-0.1, -0.05) is 29.3 Å². The lowest BCUT2D eigenvalue weighted by atomic mass is 10.3. The van der Waals surface area contributed by atoms with Crippen molar-refractivity contribution in [1.82, 2.24) is 20.2 Å². The molecule has 6 nitrogen and oxygen atoms in total. The number of nitrogens with zero attached hydrogens (tertiary/aromatic N) is 3. The smallest absolute Gasteiger partial charge is 0.422 e. The molecular formula is C16H19Cl2F3IN5O. The van der Waals surface area contributed by atoms with Crippen LogP contribution >= 0.6 is 47.2 Å². The molecule has 0 atom stereocenters. The van der Waals surface area contributed by atoms with Gasteiger partial charge in [-0.2, -0.15) is 13.2 Å². The maximum atomic E-state index is 12.1. The van der Waals surface area contributed by atoms with E-state index < -0.39 is 12.8 Å². The maximum Gasteiger partial charge on any atom is 0.422 e. The van der Waals surface area contributed by atoms with Crippen molar-refractivity contribution in [2.24, 2.45) is 12.0 Å². The van der Waals surface area contributed by atoms with Gasteiger partial charge in [0.05, 0.1) is 11.6 Å². The standard InChI is InChI=1S/C16H18Cl2F3N5O.HI/c1-22-15(25-8-11-5-12(17)14(18)26(11)2)24-7-10-3-4-13(23-6-10)27-9-16(19,20)21;/h3-6H,7-9H2,1-2H3,(H2,22,24,25);1H. The SMILES string of the molecule is CN=C(NCc1ccc(OCC(F)(F)F)nc1)NCc1cc(Cl)c(Cl)n1C.I. The molecule has 2 aromatic heterocycles. The van der Waals surface area contributed by atoms with Crippen LogP contribution < -0.4 is 15.4 Å². The third kappa shape index (κ3) is 7.55. The summed E-state index contributed by atoms with van der Waals surface area (Å²) in [6.45, 7) is -0.548. The minimum Gasteiger partial charge on any atom is -0.468 e. The Morgan fingerprint density at radius 3 is 2.43 bits per heavy atom. The molecule has 0 saturated carbocycles. The molecule has 0 aliphatic carbocycles. The molecule has 156 valence electrons. The second-order valence-electron chi connectivity index (χ2n) is 5.52. The first-order valence-corrected chi connectivity index (χ1v) is 8.54. The van der Waals surface area contributed by atoms with E-state index in [1.54, 1.807) is 30.8 Å². The van der Waals surface area contributed by atoms with Gasteiger partial charge >= 0.3 is 6.18 Å². The van der Waals surface area contributed by atoms with Crippen molar-refractivity contribution in [3.63, 3.8) is 0 Å². The zero-order chi connectivity index (χ0) is 20.0. The molecule has 0 amide bonds. The molecule has 2 aromatic rings. The van der Waals surface area contributed by atoms with Gasteiger partial charge in [-0.3, -0.25) is 4.99 Å². The van der Waals surface area contributed by atoms with Crippen molar-refractivity contribution in [2.45, 2.75) is 19.3 Å². The molecule has 0 unspecified atom stereocenters. The predicted molar refractivity (Wildman–Crippen MR) is 114 cm³/mol. The fourth-order valence-electron chi connectivity index (χ4n) is 2.10. The van der Waals surface area contributed by atoms with E-state index in [0.29, 0.717) is 29.2 Å². The average Bonchev–Trinajstić information content (AvgIpc) is 2.87. The molecule has 0 saturated heterocycles. The number of halogens is 6. The zero-order valence-corrected chi connectivity index (χ0v) is 18.8. The average molecular weight is 552 g/mol. The van der Waals surface area contributed by atoms with E-state index >= 15 is 0 Å². The van der Waals surface area contributed by atoms with Gasteiger partial charge in [-0.05, 0) is 11.6 Å². The van der Waals surface area contributed by atoms with E-state index in [0.717, 1.165) is 11.3 Å². The second kappa shape index (κ2) is 11.0. The van der Waals surface area contributed by atoms with E-state index in [2.05, 4.69) is 25.3 Å². The lowest BCUT2D eigenvalue weighted by Crippen LogP contribution is -2.36. The Kier molecular flexibility index (Phi) is 9.64. The number of aliphatic imine (C=N–C) groups is 1. The van der Waals surface area contributed by atoms with Crippen LogP contribution in [0.25, 0.3) is 0 Å². The molecule has 0 fully saturated rings. The third-order valence-electron chi connectivity index (χ3n) is 3.52. The maximum absolute atomic E-state index is 12.1. The third-order valence-corrected chi connectivity index (χ3v) is 4.36. The van der Waals surface area contributed by atoms with E-state index in [1.165, 1.54) is 12.3 Å². The predicted octanol–water partition coefficient (Wildman–Crippen LogP) is 4.15. The number of nitrogens with one attached hydrogen (secondary N) is 2. The van der Waals surface area contributed by atoms with Crippen LogP contribution in [0.1, 0.15) is 11.3 Å². The molecule has 0 radical (unpaired) electrons. The molecule has 2 N–H and O–H groups in total. The molecule has 28 heavy (non-hydrogen) atoms. The van der Waals surface area contributed by atoms with Crippen LogP contribution in [0.3, 0.4) is 0 Å². The molecule has 2 heterocycles. The zero-order valence-electron chi connectivity index (χ0n) is 15.0. The summed E-state index contributed by atoms with van der Waals surface area (Å²) in [6.07, 6.45) is -2.96. The van der Waals surface area contributed by atoms with Crippen LogP contribution in [0.4, 0.5) is 13.2 Å². The summed E-state index contributed by atoms with van der Waals surface area (Å²) in [5, 5.41) is 7.12. The van der Waals surface area contributed by atoms with Crippen molar-refractivity contribution in [1.29, 1.82) is 0 Å². The minimum atomic E-state index is -4.40. The van der Waals surface area contributed by atoms with Crippen LogP contribution in [-0.4, -0.2) is 35.3 Å². The Labute approximate surface area is 187 Å². The summed E-state index contributed by atoms with van der Waals surface area (Å²) >= 11 is 12.0. The molecule has 0 bridgehead atoms. The van der Waals surface area contributed by atoms with E-state index in [4.69, 9.17) is 23.2 Å². The minimum absolute atomic E-state index is 0. The molecule has 0 aromatic carbocycles. The van der Waals surface area contributed by atoms with Crippen molar-refractivity contribution < 1.29 is 17.9 Å². The Bertz CT molecular complexity index is 797. The van der Waals surface area contributed by atoms with Gasteiger partial charge in [0, 0.05) is 38.6 Å². The highest BCUT2D eigenvalue weighted by Gasteiger charge is 2.28. The molecule has 0 aliphatic heterocycles. The first-order chi connectivity index (χ1) is 12.7. The number of alkyl halides is 3. The van der Waals surface area contributed by atoms with Crippen molar-refractivity contribution in [3.8, 4) is 5.88 Å². The van der Waals surface area contributed by atoms with Gasteiger partial charge in [0.1, 0.15) is 5.15 Å². The molecule has 2 rings (SSSR count). The van der Waals surface area contributed by atoms with Crippen molar-refractivity contribution in [3.05, 3.63) is 45.8 Å². The van der Waals surface area contributed by atoms with Crippen molar-refractivity contribution >= 4 is 53.1 Å². The Balaban J connectivity index is 0.00000392. The van der Waals surface area contributed by atoms with Crippen molar-refractivity contribution in [2.75, 3.05) is 13.7 Å². The fourth-order valence-corrected chi connectivity index (χ4v) is 2.51. The van der Waals surface area contributed by atoms with Gasteiger partial charge in [0.2, 0.25) is 5.88 Å². The van der Waals surface area contributed by atoms with Gasteiger partial charge in [-0.25, -0.2) is 4.98 Å². The van der Waals surface area contributed by atoms with E-state index in [-0.39, 0.29) is 29.9 Å². The lowest BCUT2D eigenvalue weighted by molar-refractivity contribution is -0.154. The van der Waals surface area contributed by atoms with Crippen LogP contribution in [0.2, 0.25) is 10.2 Å². The monoisotopic (exact) mass is 551 g/mol.